The number of hydrogen-bond donors (Lipinski definition) is 0. The monoisotopic (exact) mass is 265 g/mol. The van der Waals surface area contributed by atoms with E-state index < -0.39 is 0 Å². The fourth-order valence-electron chi connectivity index (χ4n) is 2.02. The van der Waals surface area contributed by atoms with Gasteiger partial charge in [-0.2, -0.15) is 4.98 Å². The van der Waals surface area contributed by atoms with Gasteiger partial charge in [0.1, 0.15) is 0 Å². The normalized spacial score (nSPS) is 10.8. The molecule has 0 saturated carbocycles. The van der Waals surface area contributed by atoms with E-state index in [1.807, 2.05) is 25.1 Å². The van der Waals surface area contributed by atoms with Gasteiger partial charge in [-0.25, -0.2) is 0 Å². The van der Waals surface area contributed by atoms with Crippen molar-refractivity contribution in [2.75, 3.05) is 0 Å². The smallest absolute Gasteiger partial charge is 0.258 e. The van der Waals surface area contributed by atoms with Crippen molar-refractivity contribution in [3.05, 3.63) is 53.3 Å². The predicted octanol–water partition coefficient (Wildman–Crippen LogP) is 3.72. The second-order valence-corrected chi connectivity index (χ2v) is 4.91. The zero-order valence-corrected chi connectivity index (χ0v) is 11.7. The highest BCUT2D eigenvalue weighted by molar-refractivity contribution is 5.60. The number of aromatic nitrogens is 3. The van der Waals surface area contributed by atoms with E-state index >= 15 is 0 Å². The van der Waals surface area contributed by atoms with Crippen molar-refractivity contribution in [1.82, 2.24) is 15.1 Å². The number of benzene rings is 1. The third kappa shape index (κ3) is 2.32. The van der Waals surface area contributed by atoms with Gasteiger partial charge in [0, 0.05) is 23.0 Å². The second kappa shape index (κ2) is 4.89. The summed E-state index contributed by atoms with van der Waals surface area (Å²) in [4.78, 5) is 8.62. The van der Waals surface area contributed by atoms with E-state index in [1.165, 1.54) is 11.1 Å². The van der Waals surface area contributed by atoms with Crippen LogP contribution in [0, 0.1) is 20.8 Å². The van der Waals surface area contributed by atoms with Gasteiger partial charge in [-0.05, 0) is 56.2 Å². The fraction of sp³-hybridized carbons (Fsp3) is 0.188. The minimum atomic E-state index is 0.539. The fourth-order valence-corrected chi connectivity index (χ4v) is 2.02. The minimum Gasteiger partial charge on any atom is -0.334 e. The van der Waals surface area contributed by atoms with E-state index in [0.29, 0.717) is 11.7 Å². The van der Waals surface area contributed by atoms with E-state index in [4.69, 9.17) is 4.52 Å². The maximum Gasteiger partial charge on any atom is 0.258 e. The summed E-state index contributed by atoms with van der Waals surface area (Å²) in [7, 11) is 0. The summed E-state index contributed by atoms with van der Waals surface area (Å²) in [5, 5.41) is 4.04. The molecule has 0 saturated heterocycles. The Morgan fingerprint density at radius 2 is 1.75 bits per heavy atom. The molecule has 0 spiro atoms. The van der Waals surface area contributed by atoms with Gasteiger partial charge in [-0.3, -0.25) is 4.98 Å². The zero-order chi connectivity index (χ0) is 14.1. The zero-order valence-electron chi connectivity index (χ0n) is 11.7. The number of nitrogens with zero attached hydrogens (tertiary/aromatic N) is 3. The number of aryl methyl sites for hydroxylation is 3. The van der Waals surface area contributed by atoms with Crippen LogP contribution < -0.4 is 0 Å². The summed E-state index contributed by atoms with van der Waals surface area (Å²) in [5.41, 5.74) is 5.24. The van der Waals surface area contributed by atoms with Gasteiger partial charge < -0.3 is 4.52 Å². The summed E-state index contributed by atoms with van der Waals surface area (Å²) >= 11 is 0. The first-order chi connectivity index (χ1) is 9.63. The molecule has 0 unspecified atom stereocenters. The topological polar surface area (TPSA) is 51.8 Å². The van der Waals surface area contributed by atoms with Crippen LogP contribution in [-0.4, -0.2) is 15.1 Å². The molecule has 0 bridgehead atoms. The molecule has 0 radical (unpaired) electrons. The number of pyridine rings is 1. The number of rotatable bonds is 2. The predicted molar refractivity (Wildman–Crippen MR) is 77.2 cm³/mol. The average molecular weight is 265 g/mol. The molecule has 3 rings (SSSR count). The molecule has 1 aromatic carbocycles. The molecule has 0 aliphatic rings. The largest absolute Gasteiger partial charge is 0.334 e. The first-order valence-corrected chi connectivity index (χ1v) is 6.48. The van der Waals surface area contributed by atoms with Crippen molar-refractivity contribution in [1.29, 1.82) is 0 Å². The molecule has 2 heterocycles. The summed E-state index contributed by atoms with van der Waals surface area (Å²) in [5.74, 6) is 1.13. The van der Waals surface area contributed by atoms with Crippen LogP contribution in [0.5, 0.6) is 0 Å². The van der Waals surface area contributed by atoms with Crippen molar-refractivity contribution < 1.29 is 4.52 Å². The molecule has 0 aliphatic heterocycles. The Bertz CT molecular complexity index is 762. The summed E-state index contributed by atoms with van der Waals surface area (Å²) in [6.07, 6.45) is 1.75. The van der Waals surface area contributed by atoms with Crippen molar-refractivity contribution in [2.45, 2.75) is 20.8 Å². The van der Waals surface area contributed by atoms with Crippen LogP contribution in [0.3, 0.4) is 0 Å². The van der Waals surface area contributed by atoms with Gasteiger partial charge in [0.25, 0.3) is 5.89 Å². The molecule has 0 N–H and O–H groups in total. The van der Waals surface area contributed by atoms with Crippen LogP contribution >= 0.6 is 0 Å². The van der Waals surface area contributed by atoms with Gasteiger partial charge in [0.05, 0.1) is 0 Å². The maximum atomic E-state index is 5.36. The summed E-state index contributed by atoms with van der Waals surface area (Å²) < 4.78 is 5.36. The van der Waals surface area contributed by atoms with Gasteiger partial charge in [-0.1, -0.05) is 11.2 Å². The van der Waals surface area contributed by atoms with Crippen LogP contribution in [0.2, 0.25) is 0 Å². The van der Waals surface area contributed by atoms with Crippen molar-refractivity contribution in [2.24, 2.45) is 0 Å². The second-order valence-electron chi connectivity index (χ2n) is 4.91. The van der Waals surface area contributed by atoms with Gasteiger partial charge in [-0.15, -0.1) is 0 Å². The van der Waals surface area contributed by atoms with Gasteiger partial charge >= 0.3 is 0 Å². The lowest BCUT2D eigenvalue weighted by Gasteiger charge is -2.00. The van der Waals surface area contributed by atoms with Crippen molar-refractivity contribution in [3.63, 3.8) is 0 Å². The highest BCUT2D eigenvalue weighted by Gasteiger charge is 2.11. The number of hydrogen-bond acceptors (Lipinski definition) is 4. The highest BCUT2D eigenvalue weighted by atomic mass is 16.5. The molecule has 100 valence electrons. The standard InChI is InChI=1S/C16H15N3O/c1-10-4-5-14(8-11(10)2)16-18-15(19-20-16)13-6-7-17-12(3)9-13/h4-9H,1-3H3. The molecule has 4 nitrogen and oxygen atoms in total. The Labute approximate surface area is 117 Å². The molecule has 0 atom stereocenters. The Kier molecular flexibility index (Phi) is 3.06. The van der Waals surface area contributed by atoms with Crippen LogP contribution in [0.15, 0.2) is 41.1 Å². The Morgan fingerprint density at radius 3 is 2.50 bits per heavy atom. The Morgan fingerprint density at radius 1 is 0.900 bits per heavy atom. The van der Waals surface area contributed by atoms with E-state index in [-0.39, 0.29) is 0 Å². The maximum absolute atomic E-state index is 5.36. The Hall–Kier alpha value is -2.49. The van der Waals surface area contributed by atoms with Gasteiger partial charge in [0.15, 0.2) is 0 Å². The molecule has 3 aromatic rings. The lowest BCUT2D eigenvalue weighted by molar-refractivity contribution is 0.432. The minimum absolute atomic E-state index is 0.539. The lowest BCUT2D eigenvalue weighted by Crippen LogP contribution is -1.86. The van der Waals surface area contributed by atoms with E-state index in [9.17, 15) is 0 Å². The van der Waals surface area contributed by atoms with Crippen LogP contribution in [0.25, 0.3) is 22.8 Å². The first-order valence-electron chi connectivity index (χ1n) is 6.48. The molecular formula is C16H15N3O. The Balaban J connectivity index is 1.99. The summed E-state index contributed by atoms with van der Waals surface area (Å²) in [6.45, 7) is 6.09. The average Bonchev–Trinajstić information content (AvgIpc) is 2.92. The third-order valence-electron chi connectivity index (χ3n) is 3.33. The molecule has 0 amide bonds. The molecule has 4 heteroatoms. The summed E-state index contributed by atoms with van der Waals surface area (Å²) in [6, 6.07) is 9.93. The molecule has 0 aliphatic carbocycles. The highest BCUT2D eigenvalue weighted by Crippen LogP contribution is 2.23. The quantitative estimate of drug-likeness (QED) is 0.708. The van der Waals surface area contributed by atoms with Crippen LogP contribution in [0.4, 0.5) is 0 Å². The first kappa shape index (κ1) is 12.5. The van der Waals surface area contributed by atoms with Gasteiger partial charge in [0.2, 0.25) is 5.82 Å². The van der Waals surface area contributed by atoms with Crippen LogP contribution in [-0.2, 0) is 0 Å². The third-order valence-corrected chi connectivity index (χ3v) is 3.33. The molecule has 2 aromatic heterocycles. The van der Waals surface area contributed by atoms with Crippen molar-refractivity contribution >= 4 is 0 Å². The molecule has 0 fully saturated rings. The van der Waals surface area contributed by atoms with E-state index in [0.717, 1.165) is 16.8 Å². The SMILES string of the molecule is Cc1cc(-c2noc(-c3ccc(C)c(C)c3)n2)ccn1. The molecular weight excluding hydrogens is 250 g/mol. The van der Waals surface area contributed by atoms with E-state index in [1.54, 1.807) is 6.20 Å². The van der Waals surface area contributed by atoms with Crippen molar-refractivity contribution in [3.8, 4) is 22.8 Å². The molecule has 20 heavy (non-hydrogen) atoms. The lowest BCUT2D eigenvalue weighted by atomic mass is 10.1. The van der Waals surface area contributed by atoms with Crippen LogP contribution in [0.1, 0.15) is 16.8 Å². The van der Waals surface area contributed by atoms with E-state index in [2.05, 4.69) is 41.1 Å².